The van der Waals surface area contributed by atoms with E-state index in [1.165, 1.54) is 154 Å². The predicted octanol–water partition coefficient (Wildman–Crippen LogP) is 17.7. The van der Waals surface area contributed by atoms with E-state index in [0.717, 1.165) is 96.3 Å². The Hall–Kier alpha value is -2.41. The number of hydrogen-bond donors (Lipinski definition) is 1. The Morgan fingerprint density at radius 1 is 0.318 bits per heavy atom. The van der Waals surface area contributed by atoms with Crippen LogP contribution in [0.1, 0.15) is 290 Å². The minimum Gasteiger partial charge on any atom is -0.465 e. The van der Waals surface area contributed by atoms with Gasteiger partial charge in [0.2, 0.25) is 0 Å². The zero-order valence-electron chi connectivity index (χ0n) is 43.9. The highest BCUT2D eigenvalue weighted by Crippen LogP contribution is 2.22. The predicted molar refractivity (Wildman–Crippen MR) is 281 cm³/mol. The molecule has 0 aliphatic rings. The summed E-state index contributed by atoms with van der Waals surface area (Å²) in [6.45, 7) is 5.82. The summed E-state index contributed by atoms with van der Waals surface area (Å²) in [4.78, 5) is 38.4. The van der Waals surface area contributed by atoms with Gasteiger partial charge in [-0.2, -0.15) is 0 Å². The third-order valence-corrected chi connectivity index (χ3v) is 12.9. The molecule has 0 amide bonds. The molecule has 7 nitrogen and oxygen atoms in total. The van der Waals surface area contributed by atoms with E-state index in [1.807, 2.05) is 0 Å². The SMILES string of the molecule is CCCCCCCC/C=C\CCCCCCCC(=O)OCC(CO)(COC(=O)CCCCCCC/C=C\CCCCCCCC)COC(=O)CCCCCCC/C=C\CCCCCCCC. The third-order valence-electron chi connectivity index (χ3n) is 12.9. The van der Waals surface area contributed by atoms with Crippen LogP contribution in [-0.4, -0.2) is 49.4 Å². The first-order valence-electron chi connectivity index (χ1n) is 28.5. The average Bonchev–Trinajstić information content (AvgIpc) is 3.32. The summed E-state index contributed by atoms with van der Waals surface area (Å²) in [6, 6.07) is 0. The summed E-state index contributed by atoms with van der Waals surface area (Å²) < 4.78 is 17.0. The molecule has 1 N–H and O–H groups in total. The van der Waals surface area contributed by atoms with Crippen molar-refractivity contribution >= 4 is 17.9 Å². The molecular formula is C59H108O7. The number of aliphatic hydroxyl groups excluding tert-OH is 1. The lowest BCUT2D eigenvalue weighted by molar-refractivity contribution is -0.165. The highest BCUT2D eigenvalue weighted by Gasteiger charge is 2.35. The van der Waals surface area contributed by atoms with Gasteiger partial charge in [0.15, 0.2) is 0 Å². The molecule has 0 aliphatic heterocycles. The second kappa shape index (κ2) is 52.0. The zero-order valence-corrected chi connectivity index (χ0v) is 43.9. The van der Waals surface area contributed by atoms with Gasteiger partial charge in [0.25, 0.3) is 0 Å². The van der Waals surface area contributed by atoms with Crippen LogP contribution in [0.4, 0.5) is 0 Å². The first-order valence-corrected chi connectivity index (χ1v) is 28.5. The Bertz CT molecular complexity index is 1010. The van der Waals surface area contributed by atoms with Crippen molar-refractivity contribution in [2.24, 2.45) is 5.41 Å². The number of unbranched alkanes of at least 4 members (excludes halogenated alkanes) is 33. The number of esters is 3. The topological polar surface area (TPSA) is 99.1 Å². The lowest BCUT2D eigenvalue weighted by Gasteiger charge is -2.30. The molecule has 0 bridgehead atoms. The van der Waals surface area contributed by atoms with Gasteiger partial charge in [-0.15, -0.1) is 0 Å². The molecule has 66 heavy (non-hydrogen) atoms. The fourth-order valence-corrected chi connectivity index (χ4v) is 8.20. The van der Waals surface area contributed by atoms with E-state index in [-0.39, 0.29) is 37.7 Å². The van der Waals surface area contributed by atoms with Gasteiger partial charge in [-0.05, 0) is 96.3 Å². The maximum Gasteiger partial charge on any atom is 0.305 e. The summed E-state index contributed by atoms with van der Waals surface area (Å²) >= 11 is 0. The van der Waals surface area contributed by atoms with E-state index < -0.39 is 12.0 Å². The van der Waals surface area contributed by atoms with Crippen molar-refractivity contribution in [1.82, 2.24) is 0 Å². The second-order valence-corrected chi connectivity index (χ2v) is 19.6. The van der Waals surface area contributed by atoms with Gasteiger partial charge in [0.05, 0.1) is 12.0 Å². The fraction of sp³-hybridized carbons (Fsp3) is 0.847. The Balaban J connectivity index is 4.62. The summed E-state index contributed by atoms with van der Waals surface area (Å²) in [5, 5.41) is 10.6. The Morgan fingerprint density at radius 3 is 0.727 bits per heavy atom. The van der Waals surface area contributed by atoms with E-state index in [2.05, 4.69) is 57.2 Å². The van der Waals surface area contributed by atoms with Crippen LogP contribution in [0.3, 0.4) is 0 Å². The van der Waals surface area contributed by atoms with E-state index in [0.29, 0.717) is 19.3 Å². The van der Waals surface area contributed by atoms with Crippen molar-refractivity contribution in [3.8, 4) is 0 Å². The first-order chi connectivity index (χ1) is 32.4. The van der Waals surface area contributed by atoms with Crippen molar-refractivity contribution in [3.63, 3.8) is 0 Å². The number of carbonyl (C=O) groups is 3. The smallest absolute Gasteiger partial charge is 0.305 e. The Morgan fingerprint density at radius 2 is 0.515 bits per heavy atom. The van der Waals surface area contributed by atoms with Gasteiger partial charge < -0.3 is 19.3 Å². The standard InChI is InChI=1S/C59H108O7/c1-4-7-10-13-16-19-22-25-28-31-34-37-40-43-46-49-56(61)64-53-59(52-60,54-65-57(62)50-47-44-41-38-35-32-29-26-23-20-17-14-11-8-5-2)55-66-58(63)51-48-45-42-39-36-33-30-27-24-21-18-15-12-9-6-3/h25-30,60H,4-24,31-55H2,1-3H3/b28-25-,29-26-,30-27-. The molecule has 0 radical (unpaired) electrons. The molecule has 0 aromatic heterocycles. The van der Waals surface area contributed by atoms with Gasteiger partial charge >= 0.3 is 17.9 Å². The molecule has 0 aromatic rings. The molecule has 386 valence electrons. The molecule has 0 atom stereocenters. The molecule has 0 saturated heterocycles. The van der Waals surface area contributed by atoms with Crippen LogP contribution >= 0.6 is 0 Å². The quantitative estimate of drug-likeness (QED) is 0.0281. The number of hydrogen-bond acceptors (Lipinski definition) is 7. The van der Waals surface area contributed by atoms with Crippen LogP contribution < -0.4 is 0 Å². The normalized spacial score (nSPS) is 12.0. The molecule has 0 unspecified atom stereocenters. The van der Waals surface area contributed by atoms with Crippen LogP contribution in [-0.2, 0) is 28.6 Å². The lowest BCUT2D eigenvalue weighted by Crippen LogP contribution is -2.42. The van der Waals surface area contributed by atoms with Crippen LogP contribution in [0, 0.1) is 5.41 Å². The largest absolute Gasteiger partial charge is 0.465 e. The van der Waals surface area contributed by atoms with E-state index in [1.54, 1.807) is 0 Å². The van der Waals surface area contributed by atoms with Crippen molar-refractivity contribution < 1.29 is 33.7 Å². The summed E-state index contributed by atoms with van der Waals surface area (Å²) in [7, 11) is 0. The first kappa shape index (κ1) is 63.6. The summed E-state index contributed by atoms with van der Waals surface area (Å²) in [5.41, 5.74) is -1.20. The van der Waals surface area contributed by atoms with E-state index >= 15 is 0 Å². The van der Waals surface area contributed by atoms with Crippen molar-refractivity contribution in [3.05, 3.63) is 36.5 Å². The molecule has 0 fully saturated rings. The minimum atomic E-state index is -1.20. The minimum absolute atomic E-state index is 0.172. The number of carbonyl (C=O) groups excluding carboxylic acids is 3. The van der Waals surface area contributed by atoms with Crippen LogP contribution in [0.2, 0.25) is 0 Å². The second-order valence-electron chi connectivity index (χ2n) is 19.6. The fourth-order valence-electron chi connectivity index (χ4n) is 8.20. The molecule has 0 rings (SSSR count). The summed E-state index contributed by atoms with van der Waals surface area (Å²) in [6.07, 6.45) is 61.1. The van der Waals surface area contributed by atoms with E-state index in [4.69, 9.17) is 14.2 Å². The Labute approximate surface area is 408 Å². The molecule has 7 heteroatoms. The third kappa shape index (κ3) is 46.7. The van der Waals surface area contributed by atoms with Gasteiger partial charge in [0.1, 0.15) is 19.8 Å². The molecule has 0 spiro atoms. The van der Waals surface area contributed by atoms with Crippen LogP contribution in [0.15, 0.2) is 36.5 Å². The van der Waals surface area contributed by atoms with Crippen LogP contribution in [0.5, 0.6) is 0 Å². The number of allylic oxidation sites excluding steroid dienone is 6. The summed E-state index contributed by atoms with van der Waals surface area (Å²) in [5.74, 6) is -1.03. The highest BCUT2D eigenvalue weighted by atomic mass is 16.6. The maximum atomic E-state index is 12.8. The van der Waals surface area contributed by atoms with Crippen molar-refractivity contribution in [2.45, 2.75) is 290 Å². The highest BCUT2D eigenvalue weighted by molar-refractivity contribution is 5.70. The van der Waals surface area contributed by atoms with Gasteiger partial charge in [-0.3, -0.25) is 14.4 Å². The Kier molecular flexibility index (Phi) is 50.1. The number of rotatable bonds is 52. The van der Waals surface area contributed by atoms with Crippen molar-refractivity contribution in [1.29, 1.82) is 0 Å². The molecule has 0 saturated carbocycles. The molecule has 0 aliphatic carbocycles. The molecule has 0 aromatic carbocycles. The van der Waals surface area contributed by atoms with Gasteiger partial charge in [0, 0.05) is 19.3 Å². The number of aliphatic hydroxyl groups is 1. The molecule has 0 heterocycles. The number of ether oxygens (including phenoxy) is 3. The van der Waals surface area contributed by atoms with Gasteiger partial charge in [-0.1, -0.05) is 211 Å². The van der Waals surface area contributed by atoms with Crippen LogP contribution in [0.25, 0.3) is 0 Å². The lowest BCUT2D eigenvalue weighted by atomic mass is 9.92. The monoisotopic (exact) mass is 929 g/mol. The molecular weight excluding hydrogens is 821 g/mol. The van der Waals surface area contributed by atoms with Gasteiger partial charge in [-0.25, -0.2) is 0 Å². The van der Waals surface area contributed by atoms with Crippen molar-refractivity contribution in [2.75, 3.05) is 26.4 Å². The average molecular weight is 930 g/mol. The van der Waals surface area contributed by atoms with E-state index in [9.17, 15) is 19.5 Å². The zero-order chi connectivity index (χ0) is 48.1. The maximum absolute atomic E-state index is 12.8.